The third-order valence-electron chi connectivity index (χ3n) is 3.68. The van der Waals surface area contributed by atoms with E-state index in [4.69, 9.17) is 5.14 Å². The summed E-state index contributed by atoms with van der Waals surface area (Å²) in [6.45, 7) is 3.85. The highest BCUT2D eigenvalue weighted by atomic mass is 32.2. The molecule has 0 atom stereocenters. The van der Waals surface area contributed by atoms with Gasteiger partial charge in [0, 0.05) is 15.3 Å². The van der Waals surface area contributed by atoms with Crippen LogP contribution in [0.2, 0.25) is 0 Å². The number of nitrogens with zero attached hydrogens (tertiary/aromatic N) is 2. The Bertz CT molecular complexity index is 1020. The van der Waals surface area contributed by atoms with Crippen molar-refractivity contribution < 1.29 is 17.2 Å². The normalized spacial score (nSPS) is 12.1. The van der Waals surface area contributed by atoms with Gasteiger partial charge >= 0.3 is 0 Å². The van der Waals surface area contributed by atoms with Gasteiger partial charge in [0.15, 0.2) is 0 Å². The van der Waals surface area contributed by atoms with E-state index in [0.29, 0.717) is 11.4 Å². The van der Waals surface area contributed by atoms with Crippen LogP contribution in [0.15, 0.2) is 41.3 Å². The number of nitrogens with two attached hydrogens (primary N) is 1. The molecule has 0 saturated heterocycles. The van der Waals surface area contributed by atoms with E-state index < -0.39 is 16.4 Å². The van der Waals surface area contributed by atoms with Crippen LogP contribution in [0.25, 0.3) is 16.9 Å². The summed E-state index contributed by atoms with van der Waals surface area (Å²) in [5.41, 5.74) is 1.48. The largest absolute Gasteiger partial charge is 0.282 e. The van der Waals surface area contributed by atoms with E-state index in [1.54, 1.807) is 11.3 Å². The van der Waals surface area contributed by atoms with Gasteiger partial charge in [0.1, 0.15) is 5.69 Å². The van der Waals surface area contributed by atoms with E-state index in [0.717, 1.165) is 15.3 Å². The lowest BCUT2D eigenvalue weighted by atomic mass is 10.1. The van der Waals surface area contributed by atoms with Gasteiger partial charge in [0.2, 0.25) is 10.0 Å². The SMILES string of the molecule is Cc1cc(-c2cc(C(F)F)nn2-c2ccc(S(N)(=O)=O)cc2)c(C)s1. The first-order valence-corrected chi connectivity index (χ1v) is 9.62. The van der Waals surface area contributed by atoms with Crippen molar-refractivity contribution in [3.63, 3.8) is 0 Å². The van der Waals surface area contributed by atoms with E-state index in [-0.39, 0.29) is 10.6 Å². The van der Waals surface area contributed by atoms with Crippen LogP contribution in [0.1, 0.15) is 21.9 Å². The Morgan fingerprint density at radius 1 is 1.16 bits per heavy atom. The van der Waals surface area contributed by atoms with Crippen molar-refractivity contribution in [1.29, 1.82) is 0 Å². The molecule has 0 aliphatic heterocycles. The second kappa shape index (κ2) is 6.32. The zero-order valence-electron chi connectivity index (χ0n) is 13.4. The molecule has 25 heavy (non-hydrogen) atoms. The number of thiophene rings is 1. The molecule has 0 saturated carbocycles. The number of hydrogen-bond donors (Lipinski definition) is 1. The number of alkyl halides is 2. The smallest absolute Gasteiger partial charge is 0.233 e. The third-order valence-corrected chi connectivity index (χ3v) is 5.57. The molecule has 132 valence electrons. The van der Waals surface area contributed by atoms with E-state index in [1.165, 1.54) is 35.0 Å². The van der Waals surface area contributed by atoms with Crippen LogP contribution in [0.3, 0.4) is 0 Å². The van der Waals surface area contributed by atoms with Crippen LogP contribution in [-0.2, 0) is 10.0 Å². The van der Waals surface area contributed by atoms with Crippen LogP contribution in [0.4, 0.5) is 8.78 Å². The van der Waals surface area contributed by atoms with Crippen LogP contribution < -0.4 is 5.14 Å². The van der Waals surface area contributed by atoms with Gasteiger partial charge < -0.3 is 0 Å². The lowest BCUT2D eigenvalue weighted by Gasteiger charge is -2.08. The van der Waals surface area contributed by atoms with Crippen molar-refractivity contribution in [2.75, 3.05) is 0 Å². The molecule has 0 bridgehead atoms. The molecule has 0 unspecified atom stereocenters. The van der Waals surface area contributed by atoms with Gasteiger partial charge in [-0.1, -0.05) is 0 Å². The van der Waals surface area contributed by atoms with E-state index in [1.807, 2.05) is 19.9 Å². The van der Waals surface area contributed by atoms with Crippen LogP contribution >= 0.6 is 11.3 Å². The average Bonchev–Trinajstić information content (AvgIpc) is 3.09. The number of aromatic nitrogens is 2. The summed E-state index contributed by atoms with van der Waals surface area (Å²) >= 11 is 1.57. The lowest BCUT2D eigenvalue weighted by molar-refractivity contribution is 0.145. The van der Waals surface area contributed by atoms with Crippen molar-refractivity contribution >= 4 is 21.4 Å². The first kappa shape index (κ1) is 17.7. The molecule has 0 amide bonds. The molecule has 0 aliphatic rings. The first-order valence-electron chi connectivity index (χ1n) is 7.25. The summed E-state index contributed by atoms with van der Waals surface area (Å²) in [5, 5.41) is 9.07. The Labute approximate surface area is 147 Å². The Hall–Kier alpha value is -2.10. The predicted octanol–water partition coefficient (Wildman–Crippen LogP) is 3.80. The number of primary sulfonamides is 1. The number of aryl methyl sites for hydroxylation is 2. The van der Waals surface area contributed by atoms with Gasteiger partial charge in [0.25, 0.3) is 6.43 Å². The maximum Gasteiger partial charge on any atom is 0.282 e. The van der Waals surface area contributed by atoms with Crippen LogP contribution in [-0.4, -0.2) is 18.2 Å². The topological polar surface area (TPSA) is 78.0 Å². The first-order chi connectivity index (χ1) is 11.7. The molecule has 2 heterocycles. The molecule has 2 N–H and O–H groups in total. The van der Waals surface area contributed by atoms with Gasteiger partial charge in [0.05, 0.1) is 16.3 Å². The Kier molecular flexibility index (Phi) is 4.48. The molecule has 1 aromatic carbocycles. The number of rotatable bonds is 4. The molecule has 5 nitrogen and oxygen atoms in total. The maximum absolute atomic E-state index is 13.1. The second-order valence-corrected chi connectivity index (χ2v) is 8.55. The number of hydrogen-bond acceptors (Lipinski definition) is 4. The van der Waals surface area contributed by atoms with E-state index in [2.05, 4.69) is 5.10 Å². The molecule has 0 fully saturated rings. The monoisotopic (exact) mass is 383 g/mol. The molecular formula is C16H15F2N3O2S2. The highest BCUT2D eigenvalue weighted by Gasteiger charge is 2.20. The van der Waals surface area contributed by atoms with Gasteiger partial charge in [-0.15, -0.1) is 11.3 Å². The quantitative estimate of drug-likeness (QED) is 0.744. The van der Waals surface area contributed by atoms with Gasteiger partial charge in [-0.3, -0.25) is 0 Å². The fourth-order valence-electron chi connectivity index (χ4n) is 2.56. The fourth-order valence-corrected chi connectivity index (χ4v) is 4.01. The third kappa shape index (κ3) is 3.48. The number of benzene rings is 1. The van der Waals surface area contributed by atoms with Gasteiger partial charge in [-0.05, 0) is 50.2 Å². The Morgan fingerprint density at radius 3 is 2.28 bits per heavy atom. The molecule has 3 rings (SSSR count). The second-order valence-electron chi connectivity index (χ2n) is 5.53. The van der Waals surface area contributed by atoms with Crippen LogP contribution in [0.5, 0.6) is 0 Å². The maximum atomic E-state index is 13.1. The van der Waals surface area contributed by atoms with E-state index >= 15 is 0 Å². The summed E-state index contributed by atoms with van der Waals surface area (Å²) in [4.78, 5) is 1.99. The minimum atomic E-state index is -3.82. The van der Waals surface area contributed by atoms with Gasteiger partial charge in [-0.2, -0.15) is 5.10 Å². The molecule has 0 spiro atoms. The van der Waals surface area contributed by atoms with Crippen LogP contribution in [0, 0.1) is 13.8 Å². The highest BCUT2D eigenvalue weighted by Crippen LogP contribution is 2.34. The Morgan fingerprint density at radius 2 is 1.80 bits per heavy atom. The highest BCUT2D eigenvalue weighted by molar-refractivity contribution is 7.89. The molecular weight excluding hydrogens is 368 g/mol. The summed E-state index contributed by atoms with van der Waals surface area (Å²) in [6, 6.07) is 8.89. The van der Waals surface area contributed by atoms with Crippen molar-refractivity contribution in [3.8, 4) is 16.9 Å². The zero-order valence-corrected chi connectivity index (χ0v) is 15.0. The molecule has 9 heteroatoms. The Balaban J connectivity index is 2.17. The lowest BCUT2D eigenvalue weighted by Crippen LogP contribution is -2.12. The van der Waals surface area contributed by atoms with Crippen molar-refractivity contribution in [2.45, 2.75) is 25.2 Å². The minimum Gasteiger partial charge on any atom is -0.233 e. The van der Waals surface area contributed by atoms with Crippen molar-refractivity contribution in [2.24, 2.45) is 5.14 Å². The molecule has 2 aromatic heterocycles. The fraction of sp³-hybridized carbons (Fsp3) is 0.188. The molecule has 3 aromatic rings. The summed E-state index contributed by atoms with van der Waals surface area (Å²) in [7, 11) is -3.82. The average molecular weight is 383 g/mol. The summed E-state index contributed by atoms with van der Waals surface area (Å²) in [6.07, 6.45) is -2.70. The molecule has 0 radical (unpaired) electrons. The summed E-state index contributed by atoms with van der Waals surface area (Å²) < 4.78 is 50.4. The number of sulfonamides is 1. The van der Waals surface area contributed by atoms with Gasteiger partial charge in [-0.25, -0.2) is 27.0 Å². The predicted molar refractivity (Wildman–Crippen MR) is 92.7 cm³/mol. The van der Waals surface area contributed by atoms with E-state index in [9.17, 15) is 17.2 Å². The standard InChI is InChI=1S/C16H15F2N3O2S2/c1-9-7-13(10(2)24-9)15-8-14(16(17)18)20-21(15)11-3-5-12(6-4-11)25(19,22)23/h3-8,16H,1-2H3,(H2,19,22,23). The zero-order chi connectivity index (χ0) is 18.4. The molecule has 0 aliphatic carbocycles. The van der Waals surface area contributed by atoms with Crippen molar-refractivity contribution in [3.05, 3.63) is 51.8 Å². The number of halogens is 2. The van der Waals surface area contributed by atoms with Crippen molar-refractivity contribution in [1.82, 2.24) is 9.78 Å². The summed E-state index contributed by atoms with van der Waals surface area (Å²) in [5.74, 6) is 0. The minimum absolute atomic E-state index is 0.0541.